The number of rotatable bonds is 3. The highest BCUT2D eigenvalue weighted by molar-refractivity contribution is 9.10. The number of aryl methyl sites for hydroxylation is 1. The summed E-state index contributed by atoms with van der Waals surface area (Å²) >= 11 is 3.57. The molecule has 1 aromatic rings. The van der Waals surface area contributed by atoms with Crippen LogP contribution in [-0.2, 0) is 11.3 Å². The molecule has 0 unspecified atom stereocenters. The van der Waals surface area contributed by atoms with E-state index in [1.165, 1.54) is 15.6 Å². The number of hydrogen-bond donors (Lipinski definition) is 0. The van der Waals surface area contributed by atoms with Crippen molar-refractivity contribution in [1.82, 2.24) is 9.80 Å². The van der Waals surface area contributed by atoms with Crippen LogP contribution in [0.2, 0.25) is 0 Å². The lowest BCUT2D eigenvalue weighted by Crippen LogP contribution is -2.54. The average Bonchev–Trinajstić information content (AvgIpc) is 2.28. The van der Waals surface area contributed by atoms with Crippen molar-refractivity contribution in [3.63, 3.8) is 0 Å². The Balaban J connectivity index is 1.53. The summed E-state index contributed by atoms with van der Waals surface area (Å²) in [7, 11) is 0. The summed E-state index contributed by atoms with van der Waals surface area (Å²) < 4.78 is 6.44. The van der Waals surface area contributed by atoms with E-state index in [0.29, 0.717) is 6.04 Å². The van der Waals surface area contributed by atoms with Crippen LogP contribution in [0, 0.1) is 13.5 Å². The van der Waals surface area contributed by atoms with Gasteiger partial charge in [-0.1, -0.05) is 22.0 Å². The van der Waals surface area contributed by atoms with Crippen LogP contribution in [0.15, 0.2) is 22.7 Å². The molecule has 19 heavy (non-hydrogen) atoms. The summed E-state index contributed by atoms with van der Waals surface area (Å²) in [5, 5.41) is 0. The number of piperazine rings is 1. The molecule has 2 saturated heterocycles. The first-order chi connectivity index (χ1) is 9.20. The highest BCUT2D eigenvalue weighted by atomic mass is 79.9. The molecule has 0 amide bonds. The molecule has 0 aliphatic carbocycles. The zero-order valence-electron chi connectivity index (χ0n) is 11.3. The van der Waals surface area contributed by atoms with E-state index < -0.39 is 0 Å². The van der Waals surface area contributed by atoms with Crippen LogP contribution in [0.5, 0.6) is 0 Å². The van der Waals surface area contributed by atoms with Gasteiger partial charge in [-0.05, 0) is 30.2 Å². The molecular formula is C15H20BrN2O. The lowest BCUT2D eigenvalue weighted by molar-refractivity contribution is -0.0719. The highest BCUT2D eigenvalue weighted by Crippen LogP contribution is 2.20. The molecule has 0 atom stereocenters. The van der Waals surface area contributed by atoms with Crippen molar-refractivity contribution in [2.75, 3.05) is 32.8 Å². The van der Waals surface area contributed by atoms with E-state index in [2.05, 4.69) is 57.4 Å². The van der Waals surface area contributed by atoms with E-state index in [-0.39, 0.29) is 0 Å². The van der Waals surface area contributed by atoms with E-state index in [1.54, 1.807) is 0 Å². The fourth-order valence-electron chi connectivity index (χ4n) is 2.71. The third-order valence-corrected chi connectivity index (χ3v) is 4.33. The minimum Gasteiger partial charge on any atom is -0.378 e. The maximum absolute atomic E-state index is 5.26. The molecular weight excluding hydrogens is 304 g/mol. The van der Waals surface area contributed by atoms with E-state index in [9.17, 15) is 0 Å². The standard InChI is InChI=1S/C15H20BrN2O/c1-12-6-13(8-14(16)7-12)9-17-2-4-18(5-3-17)15-10-19-11-15/h2,6-8,15H,3-5,9-11H2,1H3. The third kappa shape index (κ3) is 3.37. The summed E-state index contributed by atoms with van der Waals surface area (Å²) in [6.45, 7) is 10.6. The maximum Gasteiger partial charge on any atom is 0.0645 e. The van der Waals surface area contributed by atoms with E-state index in [1.807, 2.05) is 0 Å². The lowest BCUT2D eigenvalue weighted by atomic mass is 10.1. The van der Waals surface area contributed by atoms with Gasteiger partial charge in [-0.15, -0.1) is 0 Å². The maximum atomic E-state index is 5.26. The Bertz CT molecular complexity index is 420. The molecule has 2 heterocycles. The number of nitrogens with zero attached hydrogens (tertiary/aromatic N) is 2. The van der Waals surface area contributed by atoms with Gasteiger partial charge in [-0.2, -0.15) is 0 Å². The zero-order valence-corrected chi connectivity index (χ0v) is 12.9. The summed E-state index contributed by atoms with van der Waals surface area (Å²) in [5.41, 5.74) is 2.69. The van der Waals surface area contributed by atoms with Crippen LogP contribution in [0.25, 0.3) is 0 Å². The molecule has 103 valence electrons. The minimum atomic E-state index is 0.659. The first-order valence-corrected chi connectivity index (χ1v) is 7.65. The second-order valence-electron chi connectivity index (χ2n) is 5.48. The minimum absolute atomic E-state index is 0.659. The van der Waals surface area contributed by atoms with E-state index >= 15 is 0 Å². The summed E-state index contributed by atoms with van der Waals surface area (Å²) in [5.74, 6) is 0. The Morgan fingerprint density at radius 3 is 2.68 bits per heavy atom. The predicted molar refractivity (Wildman–Crippen MR) is 79.8 cm³/mol. The van der Waals surface area contributed by atoms with Gasteiger partial charge in [0.05, 0.1) is 19.3 Å². The normalized spacial score (nSPS) is 22.4. The van der Waals surface area contributed by atoms with Crippen molar-refractivity contribution >= 4 is 15.9 Å². The van der Waals surface area contributed by atoms with Crippen molar-refractivity contribution in [2.24, 2.45) is 0 Å². The van der Waals surface area contributed by atoms with Gasteiger partial charge in [0.2, 0.25) is 0 Å². The first-order valence-electron chi connectivity index (χ1n) is 6.86. The predicted octanol–water partition coefficient (Wildman–Crippen LogP) is 2.44. The Labute approximate surface area is 123 Å². The fraction of sp³-hybridized carbons (Fsp3) is 0.533. The SMILES string of the molecule is Cc1cc(Br)cc(CN2[CH]CN(C3COC3)CC2)c1. The third-order valence-electron chi connectivity index (χ3n) is 3.87. The smallest absolute Gasteiger partial charge is 0.0645 e. The molecule has 0 N–H and O–H groups in total. The van der Waals surface area contributed by atoms with Crippen molar-refractivity contribution in [3.8, 4) is 0 Å². The average molecular weight is 324 g/mol. The Hall–Kier alpha value is -0.420. The molecule has 0 saturated carbocycles. The van der Waals surface area contributed by atoms with Gasteiger partial charge in [0.1, 0.15) is 0 Å². The van der Waals surface area contributed by atoms with Crippen LogP contribution in [-0.4, -0.2) is 48.7 Å². The quantitative estimate of drug-likeness (QED) is 0.849. The Morgan fingerprint density at radius 1 is 1.26 bits per heavy atom. The summed E-state index contributed by atoms with van der Waals surface area (Å²) in [4.78, 5) is 4.95. The van der Waals surface area contributed by atoms with Crippen molar-refractivity contribution < 1.29 is 4.74 Å². The molecule has 2 aliphatic rings. The topological polar surface area (TPSA) is 15.7 Å². The fourth-order valence-corrected chi connectivity index (χ4v) is 3.36. The number of hydrogen-bond acceptors (Lipinski definition) is 3. The highest BCUT2D eigenvalue weighted by Gasteiger charge is 2.28. The molecule has 0 spiro atoms. The van der Waals surface area contributed by atoms with Crippen molar-refractivity contribution in [3.05, 3.63) is 40.3 Å². The number of halogens is 1. The molecule has 1 radical (unpaired) electrons. The van der Waals surface area contributed by atoms with Gasteiger partial charge >= 0.3 is 0 Å². The van der Waals surface area contributed by atoms with Gasteiger partial charge < -0.3 is 4.74 Å². The van der Waals surface area contributed by atoms with Gasteiger partial charge in [-0.25, -0.2) is 0 Å². The van der Waals surface area contributed by atoms with Crippen LogP contribution in [0.3, 0.4) is 0 Å². The van der Waals surface area contributed by atoms with Crippen LogP contribution < -0.4 is 0 Å². The first kappa shape index (κ1) is 13.6. The summed E-state index contributed by atoms with van der Waals surface area (Å²) in [6, 6.07) is 7.30. The van der Waals surface area contributed by atoms with Gasteiger partial charge in [-0.3, -0.25) is 9.80 Å². The van der Waals surface area contributed by atoms with Crippen LogP contribution >= 0.6 is 15.9 Å². The van der Waals surface area contributed by atoms with E-state index in [0.717, 1.165) is 39.4 Å². The van der Waals surface area contributed by atoms with Gasteiger partial charge in [0.15, 0.2) is 0 Å². The molecule has 0 bridgehead atoms. The lowest BCUT2D eigenvalue weighted by Gasteiger charge is -2.42. The molecule has 4 heteroatoms. The molecule has 0 aromatic heterocycles. The zero-order chi connectivity index (χ0) is 13.2. The van der Waals surface area contributed by atoms with Crippen molar-refractivity contribution in [2.45, 2.75) is 19.5 Å². The molecule has 1 aromatic carbocycles. The van der Waals surface area contributed by atoms with Gasteiger partial charge in [0, 0.05) is 37.2 Å². The van der Waals surface area contributed by atoms with Crippen LogP contribution in [0.4, 0.5) is 0 Å². The number of ether oxygens (including phenoxy) is 1. The van der Waals surface area contributed by atoms with Gasteiger partial charge in [0.25, 0.3) is 0 Å². The second-order valence-corrected chi connectivity index (χ2v) is 6.39. The van der Waals surface area contributed by atoms with Crippen molar-refractivity contribution in [1.29, 1.82) is 0 Å². The molecule has 3 rings (SSSR count). The van der Waals surface area contributed by atoms with E-state index in [4.69, 9.17) is 4.74 Å². The Morgan fingerprint density at radius 2 is 2.11 bits per heavy atom. The Kier molecular flexibility index (Phi) is 4.22. The second kappa shape index (κ2) is 5.92. The monoisotopic (exact) mass is 323 g/mol. The molecule has 2 fully saturated rings. The largest absolute Gasteiger partial charge is 0.378 e. The number of benzene rings is 1. The van der Waals surface area contributed by atoms with Crippen LogP contribution in [0.1, 0.15) is 11.1 Å². The molecule has 2 aliphatic heterocycles. The molecule has 3 nitrogen and oxygen atoms in total. The summed E-state index contributed by atoms with van der Waals surface area (Å²) in [6.07, 6.45) is 0.